The van der Waals surface area contributed by atoms with Gasteiger partial charge < -0.3 is 0 Å². The van der Waals surface area contributed by atoms with Crippen molar-refractivity contribution in [2.45, 2.75) is 25.4 Å². The van der Waals surface area contributed by atoms with E-state index in [0.29, 0.717) is 4.34 Å². The third-order valence-electron chi connectivity index (χ3n) is 2.30. The van der Waals surface area contributed by atoms with Crippen LogP contribution in [0.15, 0.2) is 18.2 Å². The van der Waals surface area contributed by atoms with Gasteiger partial charge in [0.1, 0.15) is 10.0 Å². The second kappa shape index (κ2) is 5.85. The Morgan fingerprint density at radius 2 is 1.88 bits per heavy atom. The van der Waals surface area contributed by atoms with Gasteiger partial charge in [0.2, 0.25) is 0 Å². The lowest BCUT2D eigenvalue weighted by atomic mass is 10.1. The molecule has 2 rings (SSSR count). The first kappa shape index (κ1) is 12.9. The van der Waals surface area contributed by atoms with E-state index in [9.17, 15) is 0 Å². The molecule has 0 aliphatic rings. The maximum absolute atomic E-state index is 5.95. The van der Waals surface area contributed by atoms with Crippen molar-refractivity contribution < 1.29 is 0 Å². The highest BCUT2D eigenvalue weighted by Crippen LogP contribution is 2.24. The molecule has 1 heterocycles. The van der Waals surface area contributed by atoms with Crippen molar-refractivity contribution in [1.29, 1.82) is 0 Å². The zero-order chi connectivity index (χ0) is 12.3. The Labute approximate surface area is 115 Å². The maximum Gasteiger partial charge on any atom is 0.138 e. The molecule has 17 heavy (non-hydrogen) atoms. The van der Waals surface area contributed by atoms with E-state index in [1.807, 2.05) is 11.8 Å². The molecule has 0 atom stereocenters. The van der Waals surface area contributed by atoms with Crippen LogP contribution in [0.3, 0.4) is 0 Å². The van der Waals surface area contributed by atoms with Crippen molar-refractivity contribution in [3.05, 3.63) is 44.9 Å². The van der Waals surface area contributed by atoms with Crippen molar-refractivity contribution in [2.75, 3.05) is 0 Å². The van der Waals surface area contributed by atoms with Gasteiger partial charge >= 0.3 is 0 Å². The third-order valence-corrected chi connectivity index (χ3v) is 4.30. The number of aromatic nitrogens is 2. The molecule has 0 saturated heterocycles. The van der Waals surface area contributed by atoms with Crippen LogP contribution in [0.4, 0.5) is 0 Å². The summed E-state index contributed by atoms with van der Waals surface area (Å²) in [5, 5.41) is 4.00. The molecule has 0 spiro atoms. The summed E-state index contributed by atoms with van der Waals surface area (Å²) >= 11 is 9.01. The summed E-state index contributed by atoms with van der Waals surface area (Å²) in [6.45, 7) is 4.25. The van der Waals surface area contributed by atoms with Crippen LogP contribution in [0.5, 0.6) is 0 Å². The first-order valence-corrected chi connectivity index (χ1v) is 7.57. The van der Waals surface area contributed by atoms with Gasteiger partial charge in [-0.15, -0.1) is 5.10 Å². The van der Waals surface area contributed by atoms with Crippen molar-refractivity contribution in [3.63, 3.8) is 0 Å². The molecule has 5 heteroatoms. The Hall–Kier alpha value is -0.580. The summed E-state index contributed by atoms with van der Waals surface area (Å²) in [5.41, 5.74) is 4.88. The summed E-state index contributed by atoms with van der Waals surface area (Å²) in [4.78, 5) is 0. The van der Waals surface area contributed by atoms with Crippen LogP contribution >= 0.6 is 34.9 Å². The molecule has 0 saturated carbocycles. The number of rotatable bonds is 4. The highest BCUT2D eigenvalue weighted by atomic mass is 35.5. The summed E-state index contributed by atoms with van der Waals surface area (Å²) in [7, 11) is 0. The third kappa shape index (κ3) is 3.69. The van der Waals surface area contributed by atoms with Crippen LogP contribution in [0.25, 0.3) is 0 Å². The SMILES string of the molecule is Cc1cc(C)cc(CSCc2nnsc2Cl)c1. The molecule has 90 valence electrons. The maximum atomic E-state index is 5.95. The van der Waals surface area contributed by atoms with Crippen LogP contribution in [-0.4, -0.2) is 9.59 Å². The first-order valence-electron chi connectivity index (χ1n) is 5.27. The Kier molecular flexibility index (Phi) is 4.42. The minimum Gasteiger partial charge on any atom is -0.151 e. The average Bonchev–Trinajstić information content (AvgIpc) is 2.63. The molecule has 0 N–H and O–H groups in total. The van der Waals surface area contributed by atoms with E-state index in [4.69, 9.17) is 11.6 Å². The van der Waals surface area contributed by atoms with E-state index in [1.165, 1.54) is 28.2 Å². The standard InChI is InChI=1S/C12H13ClN2S2/c1-8-3-9(2)5-10(4-8)6-16-7-11-12(13)17-15-14-11/h3-5H,6-7H2,1-2H3. The molecule has 2 aromatic rings. The molecule has 0 aliphatic heterocycles. The van der Waals surface area contributed by atoms with Gasteiger partial charge in [0.05, 0.1) is 0 Å². The molecular weight excluding hydrogens is 272 g/mol. The molecular formula is C12H13ClN2S2. The van der Waals surface area contributed by atoms with Gasteiger partial charge in [0.15, 0.2) is 0 Å². The lowest BCUT2D eigenvalue weighted by molar-refractivity contribution is 1.07. The summed E-state index contributed by atoms with van der Waals surface area (Å²) in [6.07, 6.45) is 0. The van der Waals surface area contributed by atoms with Gasteiger partial charge in [-0.2, -0.15) is 11.8 Å². The lowest BCUT2D eigenvalue weighted by Gasteiger charge is -2.04. The number of hydrogen-bond donors (Lipinski definition) is 0. The molecule has 0 fully saturated rings. The van der Waals surface area contributed by atoms with Gasteiger partial charge in [0.25, 0.3) is 0 Å². The highest BCUT2D eigenvalue weighted by Gasteiger charge is 2.05. The van der Waals surface area contributed by atoms with Crippen LogP contribution in [0.1, 0.15) is 22.4 Å². The van der Waals surface area contributed by atoms with E-state index in [1.54, 1.807) is 0 Å². The number of hydrogen-bond acceptors (Lipinski definition) is 4. The average molecular weight is 285 g/mol. The minimum atomic E-state index is 0.706. The number of aryl methyl sites for hydroxylation is 2. The van der Waals surface area contributed by atoms with Crippen LogP contribution < -0.4 is 0 Å². The Morgan fingerprint density at radius 1 is 1.18 bits per heavy atom. The van der Waals surface area contributed by atoms with Crippen molar-refractivity contribution in [2.24, 2.45) is 0 Å². The second-order valence-corrected chi connectivity index (χ2v) is 6.32. The van der Waals surface area contributed by atoms with E-state index in [-0.39, 0.29) is 0 Å². The molecule has 0 radical (unpaired) electrons. The minimum absolute atomic E-state index is 0.706. The molecule has 0 unspecified atom stereocenters. The Bertz CT molecular complexity index is 491. The number of nitrogens with zero attached hydrogens (tertiary/aromatic N) is 2. The number of benzene rings is 1. The zero-order valence-electron chi connectivity index (χ0n) is 9.74. The van der Waals surface area contributed by atoms with Crippen molar-refractivity contribution in [3.8, 4) is 0 Å². The predicted octanol–water partition coefficient (Wildman–Crippen LogP) is 4.24. The second-order valence-electron chi connectivity index (χ2n) is 3.98. The van der Waals surface area contributed by atoms with E-state index in [2.05, 4.69) is 41.6 Å². The van der Waals surface area contributed by atoms with Gasteiger partial charge in [0, 0.05) is 23.0 Å². The monoisotopic (exact) mass is 284 g/mol. The molecule has 1 aromatic heterocycles. The van der Waals surface area contributed by atoms with Crippen LogP contribution in [-0.2, 0) is 11.5 Å². The van der Waals surface area contributed by atoms with Crippen molar-refractivity contribution >= 4 is 34.9 Å². The predicted molar refractivity (Wildman–Crippen MR) is 75.8 cm³/mol. The highest BCUT2D eigenvalue weighted by molar-refractivity contribution is 7.97. The normalized spacial score (nSPS) is 10.8. The quantitative estimate of drug-likeness (QED) is 0.840. The fourth-order valence-electron chi connectivity index (χ4n) is 1.70. The van der Waals surface area contributed by atoms with Gasteiger partial charge in [-0.25, -0.2) is 0 Å². The topological polar surface area (TPSA) is 25.8 Å². The summed E-state index contributed by atoms with van der Waals surface area (Å²) < 4.78 is 4.53. The zero-order valence-corrected chi connectivity index (χ0v) is 12.1. The largest absolute Gasteiger partial charge is 0.151 e. The van der Waals surface area contributed by atoms with Gasteiger partial charge in [-0.1, -0.05) is 45.4 Å². The van der Waals surface area contributed by atoms with Crippen LogP contribution in [0, 0.1) is 13.8 Å². The number of halogens is 1. The summed E-state index contributed by atoms with van der Waals surface area (Å²) in [5.74, 6) is 1.80. The number of thioether (sulfide) groups is 1. The summed E-state index contributed by atoms with van der Waals surface area (Å²) in [6, 6.07) is 6.64. The molecule has 2 nitrogen and oxygen atoms in total. The molecule has 0 aliphatic carbocycles. The first-order chi connectivity index (χ1) is 8.15. The Balaban J connectivity index is 1.92. The van der Waals surface area contributed by atoms with Crippen LogP contribution in [0.2, 0.25) is 4.34 Å². The van der Waals surface area contributed by atoms with Crippen molar-refractivity contribution in [1.82, 2.24) is 9.59 Å². The fraction of sp³-hybridized carbons (Fsp3) is 0.333. The Morgan fingerprint density at radius 3 is 2.47 bits per heavy atom. The smallest absolute Gasteiger partial charge is 0.138 e. The molecule has 0 bridgehead atoms. The lowest BCUT2D eigenvalue weighted by Crippen LogP contribution is -1.87. The molecule has 0 amide bonds. The fourth-order valence-corrected chi connectivity index (χ4v) is 3.40. The van der Waals surface area contributed by atoms with Gasteiger partial charge in [-0.3, -0.25) is 0 Å². The van der Waals surface area contributed by atoms with E-state index in [0.717, 1.165) is 17.2 Å². The molecule has 1 aromatic carbocycles. The van der Waals surface area contributed by atoms with E-state index >= 15 is 0 Å². The van der Waals surface area contributed by atoms with Gasteiger partial charge in [-0.05, 0) is 19.4 Å². The van der Waals surface area contributed by atoms with E-state index < -0.39 is 0 Å².